The van der Waals surface area contributed by atoms with Crippen molar-refractivity contribution in [1.82, 2.24) is 24.6 Å². The number of para-hydroxylation sites is 1. The Balaban J connectivity index is 1.51. The van der Waals surface area contributed by atoms with Gasteiger partial charge in [-0.15, -0.1) is 0 Å². The number of carbonyl (C=O) groups is 1. The first kappa shape index (κ1) is 24.2. The maximum atomic E-state index is 12.5. The average Bonchev–Trinajstić information content (AvgIpc) is 3.28. The maximum absolute atomic E-state index is 12.5. The molecule has 0 N–H and O–H groups in total. The Hall–Kier alpha value is -3.49. The van der Waals surface area contributed by atoms with Crippen LogP contribution >= 0.6 is 11.6 Å². The minimum Gasteiger partial charge on any atom is -0.487 e. The van der Waals surface area contributed by atoms with Crippen molar-refractivity contribution >= 4 is 28.4 Å². The Morgan fingerprint density at radius 3 is 2.81 bits per heavy atom. The summed E-state index contributed by atoms with van der Waals surface area (Å²) in [5.41, 5.74) is 5.40. The topological polar surface area (TPSA) is 82.4 Å². The van der Waals surface area contributed by atoms with E-state index >= 15 is 0 Å². The van der Waals surface area contributed by atoms with Crippen LogP contribution in [0.25, 0.3) is 22.3 Å². The summed E-state index contributed by atoms with van der Waals surface area (Å²) >= 11 is 6.73. The molecule has 0 aliphatic carbocycles. The second-order valence-corrected chi connectivity index (χ2v) is 9.50. The number of amides is 1. The zero-order valence-electron chi connectivity index (χ0n) is 20.8. The molecule has 0 saturated carbocycles. The van der Waals surface area contributed by atoms with Crippen molar-refractivity contribution in [2.75, 3.05) is 19.8 Å². The number of aryl methyl sites for hydroxylation is 3. The zero-order chi connectivity index (χ0) is 25.4. The van der Waals surface area contributed by atoms with Gasteiger partial charge in [-0.2, -0.15) is 5.10 Å². The van der Waals surface area contributed by atoms with E-state index in [2.05, 4.69) is 16.1 Å². The summed E-state index contributed by atoms with van der Waals surface area (Å²) in [5, 5.41) is 5.76. The van der Waals surface area contributed by atoms with E-state index in [0.29, 0.717) is 23.9 Å². The number of ether oxygens (including phenoxy) is 2. The molecule has 1 fully saturated rings. The highest BCUT2D eigenvalue weighted by Crippen LogP contribution is 2.35. The fourth-order valence-electron chi connectivity index (χ4n) is 4.77. The van der Waals surface area contributed by atoms with Crippen molar-refractivity contribution in [3.05, 3.63) is 70.1 Å². The van der Waals surface area contributed by atoms with E-state index in [0.717, 1.165) is 44.7 Å². The normalized spacial score (nSPS) is 14.9. The number of morpholine rings is 1. The van der Waals surface area contributed by atoms with Crippen LogP contribution in [0, 0.1) is 13.8 Å². The van der Waals surface area contributed by atoms with Gasteiger partial charge in [-0.1, -0.05) is 29.8 Å². The number of halogens is 1. The van der Waals surface area contributed by atoms with Crippen molar-refractivity contribution < 1.29 is 14.3 Å². The van der Waals surface area contributed by atoms with E-state index in [4.69, 9.17) is 26.1 Å². The van der Waals surface area contributed by atoms with Crippen LogP contribution in [0.3, 0.4) is 0 Å². The van der Waals surface area contributed by atoms with Crippen molar-refractivity contribution in [1.29, 1.82) is 0 Å². The van der Waals surface area contributed by atoms with Crippen LogP contribution < -0.4 is 4.74 Å². The highest BCUT2D eigenvalue weighted by atomic mass is 35.5. The molecule has 1 aliphatic heterocycles. The minimum atomic E-state index is -0.159. The number of pyridine rings is 1. The lowest BCUT2D eigenvalue weighted by atomic mass is 9.97. The number of nitrogens with zero attached hydrogens (tertiary/aromatic N) is 5. The number of carbonyl (C=O) groups excluding carboxylic acids is 1. The van der Waals surface area contributed by atoms with Gasteiger partial charge in [0.15, 0.2) is 5.82 Å². The van der Waals surface area contributed by atoms with Crippen molar-refractivity contribution in [2.45, 2.75) is 33.4 Å². The number of benzene rings is 2. The monoisotopic (exact) mass is 505 g/mol. The number of hydrogen-bond donors (Lipinski definition) is 0. The summed E-state index contributed by atoms with van der Waals surface area (Å²) in [6.07, 6.45) is 1.54. The van der Waals surface area contributed by atoms with Gasteiger partial charge in [0.2, 0.25) is 5.91 Å². The van der Waals surface area contributed by atoms with Gasteiger partial charge in [0.1, 0.15) is 30.8 Å². The average molecular weight is 506 g/mol. The largest absolute Gasteiger partial charge is 0.487 e. The molecule has 0 radical (unpaired) electrons. The zero-order valence-corrected chi connectivity index (χ0v) is 21.5. The number of aromatic nitrogens is 4. The van der Waals surface area contributed by atoms with E-state index < -0.39 is 0 Å². The van der Waals surface area contributed by atoms with Gasteiger partial charge in [0.25, 0.3) is 0 Å². The molecule has 9 heteroatoms. The lowest BCUT2D eigenvalue weighted by Gasteiger charge is -2.34. The molecule has 2 aromatic carbocycles. The van der Waals surface area contributed by atoms with Crippen LogP contribution in [0.15, 0.2) is 42.7 Å². The molecule has 2 aromatic heterocycles. The van der Waals surface area contributed by atoms with Crippen LogP contribution in [0.5, 0.6) is 5.75 Å². The quantitative estimate of drug-likeness (QED) is 0.374. The molecule has 4 aromatic rings. The predicted octanol–water partition coefficient (Wildman–Crippen LogP) is 4.80. The Morgan fingerprint density at radius 1 is 1.22 bits per heavy atom. The summed E-state index contributed by atoms with van der Waals surface area (Å²) in [6, 6.07) is 11.7. The lowest BCUT2D eigenvalue weighted by molar-refractivity contribution is -0.145. The fourth-order valence-corrected chi connectivity index (χ4v) is 5.11. The van der Waals surface area contributed by atoms with Crippen LogP contribution in [0.2, 0.25) is 5.02 Å². The van der Waals surface area contributed by atoms with Crippen LogP contribution in [-0.2, 0) is 23.2 Å². The van der Waals surface area contributed by atoms with E-state index in [-0.39, 0.29) is 25.2 Å². The molecule has 1 saturated heterocycles. The van der Waals surface area contributed by atoms with Gasteiger partial charge in [-0.25, -0.2) is 14.6 Å². The maximum Gasteiger partial charge on any atom is 0.249 e. The minimum absolute atomic E-state index is 0.0247. The molecule has 8 nitrogen and oxygen atoms in total. The van der Waals surface area contributed by atoms with Crippen LogP contribution in [-0.4, -0.2) is 50.3 Å². The number of rotatable bonds is 6. The third-order valence-electron chi connectivity index (χ3n) is 6.57. The predicted molar refractivity (Wildman–Crippen MR) is 138 cm³/mol. The molecule has 1 aliphatic rings. The molecule has 186 valence electrons. The Bertz CT molecular complexity index is 1450. The van der Waals surface area contributed by atoms with Gasteiger partial charge < -0.3 is 14.4 Å². The number of fused-ring (bicyclic) bond motifs is 1. The lowest BCUT2D eigenvalue weighted by Crippen LogP contribution is -2.43. The molecule has 5 rings (SSSR count). The van der Waals surface area contributed by atoms with Gasteiger partial charge in [-0.3, -0.25) is 4.79 Å². The highest BCUT2D eigenvalue weighted by Gasteiger charge is 2.27. The van der Waals surface area contributed by atoms with Crippen LogP contribution in [0.4, 0.5) is 0 Å². The molecular formula is C27H28ClN5O3. The van der Waals surface area contributed by atoms with Crippen LogP contribution in [0.1, 0.15) is 35.3 Å². The van der Waals surface area contributed by atoms with E-state index in [9.17, 15) is 4.79 Å². The van der Waals surface area contributed by atoms with Crippen molar-refractivity contribution in [3.8, 4) is 17.1 Å². The SMILES string of the molecule is Cc1cc(Cl)c(COc2cccc3c(-c4ncnn4C)cc(C)nc23)c([C@H](C)N2CCOCC2=O)c1. The molecule has 0 unspecified atom stereocenters. The van der Waals surface area contributed by atoms with E-state index in [1.165, 1.54) is 0 Å². The standard InChI is InChI=1S/C27H28ClN5O3/c1-16-10-20(18(3)33-8-9-35-14-25(33)34)22(23(28)11-16)13-36-24-7-5-6-19-21(12-17(2)31-26(19)24)27-29-15-30-32(27)4/h5-7,10-12,15,18H,8-9,13-14H2,1-4H3/t18-/m0/s1. The van der Waals surface area contributed by atoms with Crippen molar-refractivity contribution in [2.24, 2.45) is 7.05 Å². The van der Waals surface area contributed by atoms with Crippen molar-refractivity contribution in [3.63, 3.8) is 0 Å². The second kappa shape index (κ2) is 9.87. The summed E-state index contributed by atoms with van der Waals surface area (Å²) in [4.78, 5) is 23.6. The third-order valence-corrected chi connectivity index (χ3v) is 6.91. The Kier molecular flexibility index (Phi) is 6.64. The fraction of sp³-hybridized carbons (Fsp3) is 0.333. The summed E-state index contributed by atoms with van der Waals surface area (Å²) in [7, 11) is 1.87. The van der Waals surface area contributed by atoms with Gasteiger partial charge in [-0.05, 0) is 50.1 Å². The molecule has 0 bridgehead atoms. The molecule has 0 spiro atoms. The van der Waals surface area contributed by atoms with E-state index in [1.54, 1.807) is 11.0 Å². The first-order valence-corrected chi connectivity index (χ1v) is 12.2. The Labute approximate surface area is 214 Å². The van der Waals surface area contributed by atoms with Gasteiger partial charge in [0.05, 0.1) is 12.6 Å². The molecule has 3 heterocycles. The van der Waals surface area contributed by atoms with Gasteiger partial charge >= 0.3 is 0 Å². The summed E-state index contributed by atoms with van der Waals surface area (Å²) in [5.74, 6) is 1.39. The summed E-state index contributed by atoms with van der Waals surface area (Å²) in [6.45, 7) is 7.38. The summed E-state index contributed by atoms with van der Waals surface area (Å²) < 4.78 is 13.4. The molecule has 36 heavy (non-hydrogen) atoms. The second-order valence-electron chi connectivity index (χ2n) is 9.09. The third kappa shape index (κ3) is 4.54. The van der Waals surface area contributed by atoms with Gasteiger partial charge in [0, 0.05) is 40.8 Å². The Morgan fingerprint density at radius 2 is 2.06 bits per heavy atom. The first-order chi connectivity index (χ1) is 17.3. The highest BCUT2D eigenvalue weighted by molar-refractivity contribution is 6.31. The smallest absolute Gasteiger partial charge is 0.249 e. The first-order valence-electron chi connectivity index (χ1n) is 11.9. The molecular weight excluding hydrogens is 478 g/mol. The number of hydrogen-bond acceptors (Lipinski definition) is 6. The molecule has 1 amide bonds. The molecule has 1 atom stereocenters. The van der Waals surface area contributed by atoms with E-state index in [1.807, 2.05) is 63.1 Å².